The molecule has 0 bridgehead atoms. The molecule has 1 saturated carbocycles. The molecule has 1 heterocycles. The van der Waals surface area contributed by atoms with Gasteiger partial charge in [0.15, 0.2) is 0 Å². The van der Waals surface area contributed by atoms with Crippen LogP contribution in [0.15, 0.2) is 0 Å². The summed E-state index contributed by atoms with van der Waals surface area (Å²) in [6.45, 7) is 5.33. The van der Waals surface area contributed by atoms with Gasteiger partial charge in [-0.3, -0.25) is 0 Å². The molecule has 1 aliphatic heterocycles. The first-order valence-electron chi connectivity index (χ1n) is 7.68. The lowest BCUT2D eigenvalue weighted by atomic mass is 9.75. The van der Waals surface area contributed by atoms with Gasteiger partial charge in [0.05, 0.1) is 6.61 Å². The zero-order valence-corrected chi connectivity index (χ0v) is 11.8. The lowest BCUT2D eigenvalue weighted by Gasteiger charge is -2.40. The van der Waals surface area contributed by atoms with Crippen molar-refractivity contribution in [2.75, 3.05) is 26.4 Å². The Morgan fingerprint density at radius 2 is 1.78 bits per heavy atom. The quantitative estimate of drug-likeness (QED) is 0.792. The summed E-state index contributed by atoms with van der Waals surface area (Å²) < 4.78 is 5.40. The molecule has 0 spiro atoms. The van der Waals surface area contributed by atoms with Crippen molar-refractivity contribution in [3.63, 3.8) is 0 Å². The van der Waals surface area contributed by atoms with Crippen molar-refractivity contribution < 1.29 is 9.84 Å². The van der Waals surface area contributed by atoms with Gasteiger partial charge >= 0.3 is 0 Å². The zero-order chi connectivity index (χ0) is 12.8. The lowest BCUT2D eigenvalue weighted by Crippen LogP contribution is -2.54. The Morgan fingerprint density at radius 1 is 1.11 bits per heavy atom. The van der Waals surface area contributed by atoms with E-state index in [0.29, 0.717) is 5.92 Å². The first kappa shape index (κ1) is 14.3. The van der Waals surface area contributed by atoms with E-state index in [4.69, 9.17) is 4.74 Å². The highest BCUT2D eigenvalue weighted by molar-refractivity contribution is 4.92. The number of hydrogen-bond acceptors (Lipinski definition) is 3. The molecule has 0 aromatic carbocycles. The number of hydrogen-bond donors (Lipinski definition) is 2. The number of aliphatic hydroxyl groups is 1. The molecular formula is C15H29NO2. The molecule has 3 nitrogen and oxygen atoms in total. The van der Waals surface area contributed by atoms with Crippen LogP contribution in [0.5, 0.6) is 0 Å². The van der Waals surface area contributed by atoms with Crippen LogP contribution < -0.4 is 5.32 Å². The third-order valence-electron chi connectivity index (χ3n) is 4.97. The second-order valence-electron chi connectivity index (χ2n) is 6.35. The first-order chi connectivity index (χ1) is 8.74. The van der Waals surface area contributed by atoms with E-state index in [9.17, 15) is 5.11 Å². The fourth-order valence-corrected chi connectivity index (χ4v) is 3.40. The largest absolute Gasteiger partial charge is 0.394 e. The molecule has 1 atom stereocenters. The van der Waals surface area contributed by atoms with Crippen LogP contribution in [0.3, 0.4) is 0 Å². The average Bonchev–Trinajstić information content (AvgIpc) is 2.47. The lowest BCUT2D eigenvalue weighted by molar-refractivity contribution is 0.0513. The summed E-state index contributed by atoms with van der Waals surface area (Å²) >= 11 is 0. The summed E-state index contributed by atoms with van der Waals surface area (Å²) in [6, 6.07) is 0. The van der Waals surface area contributed by atoms with Crippen molar-refractivity contribution in [2.24, 2.45) is 11.8 Å². The molecule has 2 aliphatic rings. The van der Waals surface area contributed by atoms with E-state index in [1.54, 1.807) is 0 Å². The minimum absolute atomic E-state index is 0.0707. The summed E-state index contributed by atoms with van der Waals surface area (Å²) in [4.78, 5) is 0. The minimum atomic E-state index is -0.0707. The van der Waals surface area contributed by atoms with Gasteiger partial charge in [0.1, 0.15) is 0 Å². The smallest absolute Gasteiger partial charge is 0.0613 e. The van der Waals surface area contributed by atoms with Crippen LogP contribution in [0.2, 0.25) is 0 Å². The maximum absolute atomic E-state index is 9.78. The number of rotatable bonds is 5. The fraction of sp³-hybridized carbons (Fsp3) is 1.00. The topological polar surface area (TPSA) is 41.5 Å². The van der Waals surface area contributed by atoms with Crippen molar-refractivity contribution in [1.82, 2.24) is 5.32 Å². The highest BCUT2D eigenvalue weighted by atomic mass is 16.5. The van der Waals surface area contributed by atoms with E-state index in [1.807, 2.05) is 0 Å². The van der Waals surface area contributed by atoms with Crippen LogP contribution in [-0.2, 0) is 4.74 Å². The van der Waals surface area contributed by atoms with Gasteiger partial charge in [0.25, 0.3) is 0 Å². The van der Waals surface area contributed by atoms with Crippen molar-refractivity contribution in [3.8, 4) is 0 Å². The molecule has 1 unspecified atom stereocenters. The zero-order valence-electron chi connectivity index (χ0n) is 11.8. The summed E-state index contributed by atoms with van der Waals surface area (Å²) in [7, 11) is 0. The van der Waals surface area contributed by atoms with Gasteiger partial charge in [0.2, 0.25) is 0 Å². The summed E-state index contributed by atoms with van der Waals surface area (Å²) in [5.74, 6) is 1.38. The van der Waals surface area contributed by atoms with Crippen LogP contribution in [0.4, 0.5) is 0 Å². The van der Waals surface area contributed by atoms with E-state index in [2.05, 4.69) is 12.2 Å². The Balaban J connectivity index is 1.82. The highest BCUT2D eigenvalue weighted by Crippen LogP contribution is 2.32. The molecule has 0 amide bonds. The third kappa shape index (κ3) is 3.69. The maximum Gasteiger partial charge on any atom is 0.0613 e. The van der Waals surface area contributed by atoms with Crippen molar-refractivity contribution in [3.05, 3.63) is 0 Å². The summed E-state index contributed by atoms with van der Waals surface area (Å²) in [5, 5.41) is 13.5. The third-order valence-corrected chi connectivity index (χ3v) is 4.97. The second kappa shape index (κ2) is 6.88. The van der Waals surface area contributed by atoms with Crippen LogP contribution in [-0.4, -0.2) is 37.0 Å². The Kier molecular flexibility index (Phi) is 5.46. The molecule has 2 fully saturated rings. The second-order valence-corrected chi connectivity index (χ2v) is 6.35. The van der Waals surface area contributed by atoms with Crippen molar-refractivity contribution in [1.29, 1.82) is 0 Å². The number of aliphatic hydroxyl groups excluding tert-OH is 1. The normalized spacial score (nSPS) is 27.0. The fourth-order valence-electron chi connectivity index (χ4n) is 3.40. The van der Waals surface area contributed by atoms with Gasteiger partial charge in [-0.1, -0.05) is 19.3 Å². The molecule has 3 heteroatoms. The van der Waals surface area contributed by atoms with E-state index < -0.39 is 0 Å². The summed E-state index contributed by atoms with van der Waals surface area (Å²) in [5.41, 5.74) is -0.0707. The molecule has 1 saturated heterocycles. The predicted octanol–water partition coefficient (Wildman–Crippen LogP) is 2.33. The Bertz CT molecular complexity index is 235. The van der Waals surface area contributed by atoms with Gasteiger partial charge in [0, 0.05) is 18.8 Å². The average molecular weight is 255 g/mol. The van der Waals surface area contributed by atoms with Crippen LogP contribution in [0.25, 0.3) is 0 Å². The molecule has 1 aliphatic carbocycles. The van der Waals surface area contributed by atoms with Gasteiger partial charge in [-0.25, -0.2) is 0 Å². The Labute approximate surface area is 111 Å². The Morgan fingerprint density at radius 3 is 2.39 bits per heavy atom. The molecule has 2 rings (SSSR count). The molecule has 0 radical (unpaired) electrons. The van der Waals surface area contributed by atoms with Crippen LogP contribution in [0.1, 0.15) is 51.9 Å². The van der Waals surface area contributed by atoms with Gasteiger partial charge in [-0.15, -0.1) is 0 Å². The summed E-state index contributed by atoms with van der Waals surface area (Å²) in [6.07, 6.45) is 8.92. The van der Waals surface area contributed by atoms with Gasteiger partial charge in [-0.05, 0) is 51.0 Å². The first-order valence-corrected chi connectivity index (χ1v) is 7.68. The standard InChI is InChI=1S/C15H29NO2/c1-15(12-17,14-5-3-2-4-6-14)16-11-13-7-9-18-10-8-13/h13-14,16-17H,2-12H2,1H3. The highest BCUT2D eigenvalue weighted by Gasteiger charge is 2.34. The van der Waals surface area contributed by atoms with Crippen LogP contribution >= 0.6 is 0 Å². The number of nitrogens with one attached hydrogen (secondary N) is 1. The van der Waals surface area contributed by atoms with Gasteiger partial charge < -0.3 is 15.2 Å². The molecular weight excluding hydrogens is 226 g/mol. The SMILES string of the molecule is CC(CO)(NCC1CCOCC1)C1CCCCC1. The van der Waals surface area contributed by atoms with E-state index in [1.165, 1.54) is 44.9 Å². The molecule has 106 valence electrons. The van der Waals surface area contributed by atoms with Gasteiger partial charge in [-0.2, -0.15) is 0 Å². The predicted molar refractivity (Wildman–Crippen MR) is 73.6 cm³/mol. The Hall–Kier alpha value is -0.120. The van der Waals surface area contributed by atoms with Crippen LogP contribution in [0, 0.1) is 11.8 Å². The molecule has 0 aromatic rings. The maximum atomic E-state index is 9.78. The number of ether oxygens (including phenoxy) is 1. The van der Waals surface area contributed by atoms with E-state index in [0.717, 1.165) is 25.7 Å². The molecule has 0 aromatic heterocycles. The minimum Gasteiger partial charge on any atom is -0.394 e. The van der Waals surface area contributed by atoms with E-state index in [-0.39, 0.29) is 12.1 Å². The molecule has 18 heavy (non-hydrogen) atoms. The monoisotopic (exact) mass is 255 g/mol. The van der Waals surface area contributed by atoms with Crippen molar-refractivity contribution >= 4 is 0 Å². The molecule has 2 N–H and O–H groups in total. The van der Waals surface area contributed by atoms with Crippen molar-refractivity contribution in [2.45, 2.75) is 57.4 Å². The van der Waals surface area contributed by atoms with E-state index >= 15 is 0 Å².